The molecule has 0 aliphatic carbocycles. The Hall–Kier alpha value is -3.91. The van der Waals surface area contributed by atoms with Gasteiger partial charge >= 0.3 is 0 Å². The predicted octanol–water partition coefficient (Wildman–Crippen LogP) is 1.91. The lowest BCUT2D eigenvalue weighted by atomic mass is 10.0. The molecule has 0 spiro atoms. The molecule has 2 fully saturated rings. The first-order chi connectivity index (χ1) is 18.4. The number of alkyl halides is 1. The summed E-state index contributed by atoms with van der Waals surface area (Å²) in [5.41, 5.74) is 0.246. The van der Waals surface area contributed by atoms with E-state index in [1.54, 1.807) is 0 Å². The van der Waals surface area contributed by atoms with Crippen molar-refractivity contribution >= 4 is 23.0 Å². The number of fused-ring (bicyclic) bond motifs is 2. The first-order valence-corrected chi connectivity index (χ1v) is 12.1. The van der Waals surface area contributed by atoms with E-state index in [0.29, 0.717) is 26.2 Å². The maximum Gasteiger partial charge on any atom is 0.269 e. The number of amides is 1. The molecule has 0 aromatic carbocycles. The number of pyridine rings is 1. The monoisotopic (exact) mass is 530 g/mol. The summed E-state index contributed by atoms with van der Waals surface area (Å²) in [4.78, 5) is 22.6. The van der Waals surface area contributed by atoms with Crippen molar-refractivity contribution in [3.8, 4) is 17.0 Å². The van der Waals surface area contributed by atoms with Gasteiger partial charge in [-0.15, -0.1) is 5.10 Å². The third kappa shape index (κ3) is 4.00. The average molecular weight is 531 g/mol. The maximum atomic E-state index is 15.3. The molecule has 1 amide bonds. The van der Waals surface area contributed by atoms with Crippen LogP contribution >= 0.6 is 0 Å². The number of hydrogen-bond donors (Lipinski definition) is 2. The molecule has 0 bridgehead atoms. The Labute approximate surface area is 214 Å². The fraction of sp³-hybridized carbons (Fsp3) is 0.417. The van der Waals surface area contributed by atoms with Crippen LogP contribution in [0.15, 0.2) is 24.7 Å². The number of halogens is 3. The zero-order valence-corrected chi connectivity index (χ0v) is 20.6. The average Bonchev–Trinajstić information content (AvgIpc) is 3.44. The smallest absolute Gasteiger partial charge is 0.269 e. The Morgan fingerprint density at radius 3 is 2.74 bits per heavy atom. The van der Waals surface area contributed by atoms with Crippen molar-refractivity contribution in [3.63, 3.8) is 0 Å². The van der Waals surface area contributed by atoms with E-state index in [9.17, 15) is 13.6 Å². The number of piperidine rings is 1. The summed E-state index contributed by atoms with van der Waals surface area (Å²) in [5, 5.41) is 9.82. The number of nitrogens with zero attached hydrogens (tertiary/aromatic N) is 6. The highest BCUT2D eigenvalue weighted by atomic mass is 19.1. The Morgan fingerprint density at radius 2 is 2.05 bits per heavy atom. The van der Waals surface area contributed by atoms with E-state index in [1.165, 1.54) is 35.5 Å². The Balaban J connectivity index is 1.35. The minimum Gasteiger partial charge on any atom is -0.479 e. The molecular formula is C24H25F3N8O3. The zero-order valence-electron chi connectivity index (χ0n) is 20.6. The van der Waals surface area contributed by atoms with Crippen LogP contribution in [0.2, 0.25) is 0 Å². The molecule has 4 aromatic rings. The first kappa shape index (κ1) is 24.4. The van der Waals surface area contributed by atoms with Crippen LogP contribution in [-0.2, 0) is 4.74 Å². The fourth-order valence-corrected chi connectivity index (χ4v) is 5.00. The van der Waals surface area contributed by atoms with Gasteiger partial charge in [0, 0.05) is 31.9 Å². The van der Waals surface area contributed by atoms with Crippen LogP contribution in [0.5, 0.6) is 5.88 Å². The van der Waals surface area contributed by atoms with E-state index in [1.807, 2.05) is 0 Å². The van der Waals surface area contributed by atoms with Gasteiger partial charge in [-0.25, -0.2) is 22.7 Å². The molecule has 2 aliphatic heterocycles. The second kappa shape index (κ2) is 9.44. The van der Waals surface area contributed by atoms with Crippen molar-refractivity contribution in [2.45, 2.75) is 24.7 Å². The molecule has 6 rings (SSSR count). The fourth-order valence-electron chi connectivity index (χ4n) is 5.00. The topological polar surface area (TPSA) is 110 Å². The van der Waals surface area contributed by atoms with E-state index < -0.39 is 29.8 Å². The molecule has 2 N–H and O–H groups in total. The molecule has 200 valence electrons. The van der Waals surface area contributed by atoms with Crippen LogP contribution in [-0.4, -0.2) is 93.5 Å². The second-order valence-electron chi connectivity index (χ2n) is 9.32. The molecule has 2 aliphatic rings. The SMILES string of the molecule is CNC(=O)c1cnc2c(F)cc(-c3c(F)cn4nc(N[C@H]5CCN(C6COC6)C[C@H]5F)nc(OC)c34)cn12. The lowest BCUT2D eigenvalue weighted by Crippen LogP contribution is -2.57. The number of methoxy groups -OCH3 is 1. The van der Waals surface area contributed by atoms with Crippen LogP contribution in [0.25, 0.3) is 22.3 Å². The standard InChI is InChI=1S/C24H25F3N8O3/c1-28-22(36)18-6-29-21-14(25)5-12(7-34(18)21)19-16(27)9-35-20(19)23(37-2)31-24(32-35)30-17-3-4-33(8-15(17)26)13-10-38-11-13/h5-7,9,13,15,17H,3-4,8,10-11H2,1-2H3,(H,28,36)(H,30,32)/t15-,17+/m1/s1. The minimum atomic E-state index is -1.16. The summed E-state index contributed by atoms with van der Waals surface area (Å²) < 4.78 is 58.4. The van der Waals surface area contributed by atoms with Gasteiger partial charge in [0.05, 0.1) is 50.4 Å². The second-order valence-corrected chi connectivity index (χ2v) is 9.32. The number of hydrogen-bond acceptors (Lipinski definition) is 8. The Morgan fingerprint density at radius 1 is 1.24 bits per heavy atom. The molecule has 0 unspecified atom stereocenters. The molecule has 4 aromatic heterocycles. The van der Waals surface area contributed by atoms with Gasteiger partial charge in [-0.05, 0) is 12.5 Å². The van der Waals surface area contributed by atoms with Gasteiger partial charge < -0.3 is 20.1 Å². The summed E-state index contributed by atoms with van der Waals surface area (Å²) >= 11 is 0. The van der Waals surface area contributed by atoms with Gasteiger partial charge in [0.2, 0.25) is 11.8 Å². The molecule has 14 heteroatoms. The van der Waals surface area contributed by atoms with Crippen molar-refractivity contribution < 1.29 is 27.4 Å². The lowest BCUT2D eigenvalue weighted by molar-refractivity contribution is -0.0794. The highest BCUT2D eigenvalue weighted by molar-refractivity contribution is 5.93. The van der Waals surface area contributed by atoms with Crippen LogP contribution in [0.4, 0.5) is 19.1 Å². The highest BCUT2D eigenvalue weighted by Gasteiger charge is 2.36. The number of anilines is 1. The quantitative estimate of drug-likeness (QED) is 0.389. The van der Waals surface area contributed by atoms with Crippen LogP contribution in [0, 0.1) is 11.6 Å². The summed E-state index contributed by atoms with van der Waals surface area (Å²) in [5.74, 6) is -1.86. The third-order valence-corrected chi connectivity index (χ3v) is 7.08. The van der Waals surface area contributed by atoms with E-state index >= 15 is 4.39 Å². The number of likely N-dealkylation sites (tertiary alicyclic amines) is 1. The Kier molecular flexibility index (Phi) is 6.07. The number of rotatable bonds is 6. The summed E-state index contributed by atoms with van der Waals surface area (Å²) in [6.07, 6.45) is 3.13. The summed E-state index contributed by atoms with van der Waals surface area (Å²) in [6, 6.07) is 0.839. The normalized spacial score (nSPS) is 20.6. The van der Waals surface area contributed by atoms with Crippen LogP contribution in [0.3, 0.4) is 0 Å². The summed E-state index contributed by atoms with van der Waals surface area (Å²) in [6.45, 7) is 2.21. The predicted molar refractivity (Wildman–Crippen MR) is 130 cm³/mol. The molecule has 2 saturated heterocycles. The van der Waals surface area contributed by atoms with E-state index in [-0.39, 0.29) is 52.4 Å². The van der Waals surface area contributed by atoms with Gasteiger partial charge in [0.25, 0.3) is 5.91 Å². The van der Waals surface area contributed by atoms with Crippen LogP contribution < -0.4 is 15.4 Å². The van der Waals surface area contributed by atoms with E-state index in [2.05, 4.69) is 30.6 Å². The number of ether oxygens (including phenoxy) is 2. The first-order valence-electron chi connectivity index (χ1n) is 12.1. The van der Waals surface area contributed by atoms with Crippen LogP contribution in [0.1, 0.15) is 16.9 Å². The number of imidazole rings is 1. The van der Waals surface area contributed by atoms with Crippen molar-refractivity contribution in [1.29, 1.82) is 0 Å². The Bertz CT molecular complexity index is 1540. The van der Waals surface area contributed by atoms with Gasteiger partial charge in [0.1, 0.15) is 17.4 Å². The van der Waals surface area contributed by atoms with Gasteiger partial charge in [-0.3, -0.25) is 14.1 Å². The molecular weight excluding hydrogens is 505 g/mol. The summed E-state index contributed by atoms with van der Waals surface area (Å²) in [7, 11) is 2.80. The highest BCUT2D eigenvalue weighted by Crippen LogP contribution is 2.35. The molecule has 0 saturated carbocycles. The van der Waals surface area contributed by atoms with E-state index in [0.717, 1.165) is 12.3 Å². The lowest BCUT2D eigenvalue weighted by Gasteiger charge is -2.42. The van der Waals surface area contributed by atoms with Crippen molar-refractivity contribution in [3.05, 3.63) is 42.0 Å². The van der Waals surface area contributed by atoms with Crippen molar-refractivity contribution in [2.24, 2.45) is 0 Å². The molecule has 2 atom stereocenters. The molecule has 11 nitrogen and oxygen atoms in total. The minimum absolute atomic E-state index is 0.0125. The number of nitrogens with one attached hydrogen (secondary N) is 2. The molecule has 6 heterocycles. The zero-order chi connectivity index (χ0) is 26.6. The van der Waals surface area contributed by atoms with Gasteiger partial charge in [-0.2, -0.15) is 4.98 Å². The van der Waals surface area contributed by atoms with E-state index in [4.69, 9.17) is 9.47 Å². The molecule has 0 radical (unpaired) electrons. The number of carbonyl (C=O) groups excluding carboxylic acids is 1. The maximum absolute atomic E-state index is 15.3. The van der Waals surface area contributed by atoms with Gasteiger partial charge in [0.15, 0.2) is 17.3 Å². The largest absolute Gasteiger partial charge is 0.479 e. The third-order valence-electron chi connectivity index (χ3n) is 7.08. The van der Waals surface area contributed by atoms with Crippen molar-refractivity contribution in [2.75, 3.05) is 45.8 Å². The number of carbonyl (C=O) groups is 1. The number of aromatic nitrogens is 5. The molecule has 38 heavy (non-hydrogen) atoms. The van der Waals surface area contributed by atoms with Gasteiger partial charge in [-0.1, -0.05) is 0 Å². The van der Waals surface area contributed by atoms with Crippen molar-refractivity contribution in [1.82, 2.24) is 34.2 Å².